The van der Waals surface area contributed by atoms with Gasteiger partial charge in [0.25, 0.3) is 0 Å². The highest BCUT2D eigenvalue weighted by atomic mass is 16.6. The molecule has 0 aliphatic carbocycles. The molecule has 6 heteroatoms. The monoisotopic (exact) mass is 183 g/mol. The number of hydrogen-bond acceptors (Lipinski definition) is 4. The zero-order valence-corrected chi connectivity index (χ0v) is 7.14. The van der Waals surface area contributed by atoms with Crippen LogP contribution in [0.5, 0.6) is 0 Å². The van der Waals surface area contributed by atoms with Crippen molar-refractivity contribution in [2.24, 2.45) is 0 Å². The van der Waals surface area contributed by atoms with Crippen molar-refractivity contribution in [3.05, 3.63) is 22.0 Å². The molecule has 1 aromatic heterocycles. The summed E-state index contributed by atoms with van der Waals surface area (Å²) in [6, 6.07) is 0. The minimum absolute atomic E-state index is 0.0341. The van der Waals surface area contributed by atoms with E-state index < -0.39 is 4.92 Å². The van der Waals surface area contributed by atoms with E-state index in [1.165, 1.54) is 4.68 Å². The third-order valence-electron chi connectivity index (χ3n) is 1.60. The van der Waals surface area contributed by atoms with Crippen molar-refractivity contribution < 1.29 is 9.72 Å². The van der Waals surface area contributed by atoms with E-state index in [-0.39, 0.29) is 11.4 Å². The van der Waals surface area contributed by atoms with Crippen LogP contribution in [0.2, 0.25) is 0 Å². The van der Waals surface area contributed by atoms with Crippen LogP contribution in [0.3, 0.4) is 0 Å². The highest BCUT2D eigenvalue weighted by molar-refractivity contribution is 5.78. The Morgan fingerprint density at radius 3 is 2.92 bits per heavy atom. The lowest BCUT2D eigenvalue weighted by atomic mass is 10.4. The van der Waals surface area contributed by atoms with Crippen molar-refractivity contribution in [2.75, 3.05) is 0 Å². The van der Waals surface area contributed by atoms with Gasteiger partial charge in [-0.05, 0) is 6.42 Å². The molecule has 6 nitrogen and oxygen atoms in total. The molecule has 0 aromatic carbocycles. The van der Waals surface area contributed by atoms with Crippen LogP contribution in [-0.2, 0) is 6.54 Å². The molecule has 0 bridgehead atoms. The van der Waals surface area contributed by atoms with Gasteiger partial charge in [0.2, 0.25) is 0 Å². The van der Waals surface area contributed by atoms with E-state index in [0.717, 1.165) is 12.6 Å². The second kappa shape index (κ2) is 3.79. The van der Waals surface area contributed by atoms with E-state index >= 15 is 0 Å². The fourth-order valence-electron chi connectivity index (χ4n) is 1.04. The average molecular weight is 183 g/mol. The van der Waals surface area contributed by atoms with Gasteiger partial charge in [0.05, 0.1) is 4.92 Å². The van der Waals surface area contributed by atoms with Crippen LogP contribution in [0.15, 0.2) is 6.20 Å². The number of aldehydes is 1. The van der Waals surface area contributed by atoms with E-state index in [1.807, 2.05) is 6.92 Å². The topological polar surface area (TPSA) is 78.0 Å². The number of nitro groups is 1. The molecule has 1 aromatic rings. The smallest absolute Gasteiger partial charge is 0.296 e. The van der Waals surface area contributed by atoms with Crippen LogP contribution < -0.4 is 0 Å². The van der Waals surface area contributed by atoms with Crippen molar-refractivity contribution in [2.45, 2.75) is 19.9 Å². The Labute approximate surface area is 74.3 Å². The second-order valence-electron chi connectivity index (χ2n) is 2.51. The maximum absolute atomic E-state index is 10.5. The molecule has 1 heterocycles. The van der Waals surface area contributed by atoms with E-state index in [9.17, 15) is 14.9 Å². The molecule has 1 rings (SSSR count). The fourth-order valence-corrected chi connectivity index (χ4v) is 1.04. The summed E-state index contributed by atoms with van der Waals surface area (Å²) in [5.74, 6) is 0. The predicted octanol–water partition coefficient (Wildman–Crippen LogP) is 1.01. The first-order valence-corrected chi connectivity index (χ1v) is 3.86. The van der Waals surface area contributed by atoms with Gasteiger partial charge in [0, 0.05) is 6.54 Å². The molecule has 0 amide bonds. The predicted molar refractivity (Wildman–Crippen MR) is 44.6 cm³/mol. The lowest BCUT2D eigenvalue weighted by molar-refractivity contribution is -0.385. The lowest BCUT2D eigenvalue weighted by Gasteiger charge is -1.97. The Kier molecular flexibility index (Phi) is 2.73. The summed E-state index contributed by atoms with van der Waals surface area (Å²) in [7, 11) is 0. The minimum Gasteiger partial charge on any atom is -0.296 e. The molecule has 70 valence electrons. The van der Waals surface area contributed by atoms with Gasteiger partial charge in [-0.1, -0.05) is 6.92 Å². The molecule has 0 aliphatic heterocycles. The highest BCUT2D eigenvalue weighted by Crippen LogP contribution is 2.15. The van der Waals surface area contributed by atoms with Crippen LogP contribution in [0.4, 0.5) is 5.69 Å². The van der Waals surface area contributed by atoms with Crippen LogP contribution in [-0.4, -0.2) is 21.0 Å². The molecular weight excluding hydrogens is 174 g/mol. The quantitative estimate of drug-likeness (QED) is 0.396. The number of hydrogen-bond donors (Lipinski definition) is 0. The zero-order valence-electron chi connectivity index (χ0n) is 7.14. The van der Waals surface area contributed by atoms with Crippen molar-refractivity contribution >= 4 is 12.0 Å². The maximum atomic E-state index is 10.5. The first-order valence-electron chi connectivity index (χ1n) is 3.86. The number of carbonyl (C=O) groups is 1. The van der Waals surface area contributed by atoms with E-state index in [2.05, 4.69) is 5.10 Å². The molecule has 0 saturated carbocycles. The SMILES string of the molecule is CCCn1ncc([N+](=O)[O-])c1C=O. The number of rotatable bonds is 4. The normalized spacial score (nSPS) is 9.92. The summed E-state index contributed by atoms with van der Waals surface area (Å²) in [4.78, 5) is 20.3. The summed E-state index contributed by atoms with van der Waals surface area (Å²) >= 11 is 0. The minimum atomic E-state index is -0.608. The first-order chi connectivity index (χ1) is 6.20. The first kappa shape index (κ1) is 9.37. The molecular formula is C7H9N3O3. The summed E-state index contributed by atoms with van der Waals surface area (Å²) in [5, 5.41) is 14.1. The Morgan fingerprint density at radius 1 is 1.77 bits per heavy atom. The van der Waals surface area contributed by atoms with Crippen LogP contribution in [0.1, 0.15) is 23.8 Å². The number of carbonyl (C=O) groups excluding carboxylic acids is 1. The van der Waals surface area contributed by atoms with Gasteiger partial charge in [-0.2, -0.15) is 5.10 Å². The van der Waals surface area contributed by atoms with Gasteiger partial charge < -0.3 is 0 Å². The van der Waals surface area contributed by atoms with Crippen LogP contribution in [0.25, 0.3) is 0 Å². The third kappa shape index (κ3) is 1.71. The zero-order chi connectivity index (χ0) is 9.84. The summed E-state index contributed by atoms with van der Waals surface area (Å²) in [6.45, 7) is 2.42. The Balaban J connectivity index is 3.10. The van der Waals surface area contributed by atoms with E-state index in [4.69, 9.17) is 0 Å². The van der Waals surface area contributed by atoms with Gasteiger partial charge in [-0.15, -0.1) is 0 Å². The van der Waals surface area contributed by atoms with Gasteiger partial charge >= 0.3 is 5.69 Å². The molecule has 0 fully saturated rings. The van der Waals surface area contributed by atoms with E-state index in [1.54, 1.807) is 0 Å². The van der Waals surface area contributed by atoms with Gasteiger partial charge in [-0.25, -0.2) is 0 Å². The van der Waals surface area contributed by atoms with Crippen molar-refractivity contribution in [1.29, 1.82) is 0 Å². The third-order valence-corrected chi connectivity index (χ3v) is 1.60. The van der Waals surface area contributed by atoms with Gasteiger partial charge in [-0.3, -0.25) is 19.6 Å². The fraction of sp³-hybridized carbons (Fsp3) is 0.429. The molecule has 0 spiro atoms. The second-order valence-corrected chi connectivity index (χ2v) is 2.51. The number of aryl methyl sites for hydroxylation is 1. The van der Waals surface area contributed by atoms with Crippen molar-refractivity contribution in [1.82, 2.24) is 9.78 Å². The Bertz CT molecular complexity index is 332. The summed E-state index contributed by atoms with van der Waals surface area (Å²) in [5.41, 5.74) is -0.199. The van der Waals surface area contributed by atoms with Crippen LogP contribution >= 0.6 is 0 Å². The summed E-state index contributed by atoms with van der Waals surface area (Å²) in [6.07, 6.45) is 2.33. The van der Waals surface area contributed by atoms with Gasteiger partial charge in [0.1, 0.15) is 6.20 Å². The highest BCUT2D eigenvalue weighted by Gasteiger charge is 2.18. The molecule has 0 radical (unpaired) electrons. The van der Waals surface area contributed by atoms with Crippen LogP contribution in [0, 0.1) is 10.1 Å². The standard InChI is InChI=1S/C7H9N3O3/c1-2-3-9-7(5-11)6(4-8-9)10(12)13/h4-5H,2-3H2,1H3. The maximum Gasteiger partial charge on any atom is 0.317 e. The van der Waals surface area contributed by atoms with Crippen molar-refractivity contribution in [3.8, 4) is 0 Å². The molecule has 0 aliphatic rings. The molecule has 0 saturated heterocycles. The molecule has 0 atom stereocenters. The van der Waals surface area contributed by atoms with Gasteiger partial charge in [0.15, 0.2) is 12.0 Å². The number of nitrogens with zero attached hydrogens (tertiary/aromatic N) is 3. The molecule has 0 unspecified atom stereocenters. The largest absolute Gasteiger partial charge is 0.317 e. The Hall–Kier alpha value is -1.72. The molecule has 0 N–H and O–H groups in total. The number of aromatic nitrogens is 2. The molecule has 13 heavy (non-hydrogen) atoms. The average Bonchev–Trinajstić information content (AvgIpc) is 2.48. The van der Waals surface area contributed by atoms with Crippen molar-refractivity contribution in [3.63, 3.8) is 0 Å². The Morgan fingerprint density at radius 2 is 2.46 bits per heavy atom. The summed E-state index contributed by atoms with van der Waals surface area (Å²) < 4.78 is 1.34. The lowest BCUT2D eigenvalue weighted by Crippen LogP contribution is -2.04. The van der Waals surface area contributed by atoms with E-state index in [0.29, 0.717) is 12.8 Å².